The summed E-state index contributed by atoms with van der Waals surface area (Å²) in [5.41, 5.74) is -1.70. The van der Waals surface area contributed by atoms with E-state index in [1.54, 1.807) is 11.8 Å². The molecular weight excluding hydrogens is 412 g/mol. The maximum absolute atomic E-state index is 13.7. The van der Waals surface area contributed by atoms with Crippen LogP contribution < -0.4 is 5.32 Å². The lowest BCUT2D eigenvalue weighted by Gasteiger charge is -2.33. The van der Waals surface area contributed by atoms with Crippen LogP contribution in [-0.4, -0.2) is 71.3 Å². The Morgan fingerprint density at radius 3 is 2.56 bits per heavy atom. The molecule has 3 aliphatic heterocycles. The third kappa shape index (κ3) is 4.16. The SMILES string of the molecule is CCCCNC(=O)C1N(CCCCCCO)C(=O)[C@@H]2[C@H](C(=O)OCC)[C@]3(CC)CCC12O3. The number of hydrogen-bond acceptors (Lipinski definition) is 6. The predicted molar refractivity (Wildman–Crippen MR) is 119 cm³/mol. The van der Waals surface area contributed by atoms with Crippen LogP contribution in [0.1, 0.15) is 78.6 Å². The number of likely N-dealkylation sites (tertiary alicyclic amines) is 1. The number of ether oxygens (including phenoxy) is 2. The van der Waals surface area contributed by atoms with Gasteiger partial charge in [0.05, 0.1) is 18.1 Å². The van der Waals surface area contributed by atoms with Crippen LogP contribution in [0.2, 0.25) is 0 Å². The van der Waals surface area contributed by atoms with Crippen molar-refractivity contribution in [3.8, 4) is 0 Å². The molecule has 0 radical (unpaired) electrons. The van der Waals surface area contributed by atoms with E-state index in [-0.39, 0.29) is 31.0 Å². The van der Waals surface area contributed by atoms with Crippen molar-refractivity contribution in [2.45, 2.75) is 95.8 Å². The van der Waals surface area contributed by atoms with Crippen LogP contribution in [0.5, 0.6) is 0 Å². The Morgan fingerprint density at radius 1 is 1.16 bits per heavy atom. The fraction of sp³-hybridized carbons (Fsp3) is 0.875. The number of esters is 1. The van der Waals surface area contributed by atoms with Crippen LogP contribution in [0, 0.1) is 11.8 Å². The van der Waals surface area contributed by atoms with Gasteiger partial charge in [-0.2, -0.15) is 0 Å². The van der Waals surface area contributed by atoms with Gasteiger partial charge in [-0.1, -0.05) is 33.1 Å². The summed E-state index contributed by atoms with van der Waals surface area (Å²) < 4.78 is 12.0. The largest absolute Gasteiger partial charge is 0.466 e. The molecule has 8 heteroatoms. The maximum atomic E-state index is 13.7. The number of hydrogen-bond donors (Lipinski definition) is 2. The zero-order chi connectivity index (χ0) is 23.4. The summed E-state index contributed by atoms with van der Waals surface area (Å²) in [5.74, 6) is -2.06. The minimum atomic E-state index is -0.966. The van der Waals surface area contributed by atoms with Gasteiger partial charge in [0.1, 0.15) is 17.6 Å². The van der Waals surface area contributed by atoms with E-state index in [9.17, 15) is 14.4 Å². The molecule has 3 aliphatic rings. The van der Waals surface area contributed by atoms with Gasteiger partial charge in [0.2, 0.25) is 11.8 Å². The highest BCUT2D eigenvalue weighted by Gasteiger charge is 2.78. The van der Waals surface area contributed by atoms with Gasteiger partial charge in [0, 0.05) is 19.7 Å². The quantitative estimate of drug-likeness (QED) is 0.328. The maximum Gasteiger partial charge on any atom is 0.312 e. The van der Waals surface area contributed by atoms with Gasteiger partial charge in [0.15, 0.2) is 0 Å². The number of nitrogens with zero attached hydrogens (tertiary/aromatic N) is 1. The van der Waals surface area contributed by atoms with Gasteiger partial charge in [-0.05, 0) is 45.4 Å². The van der Waals surface area contributed by atoms with Crippen molar-refractivity contribution in [1.82, 2.24) is 10.2 Å². The van der Waals surface area contributed by atoms with E-state index in [0.717, 1.165) is 38.5 Å². The van der Waals surface area contributed by atoms with Crippen LogP contribution in [0.3, 0.4) is 0 Å². The lowest BCUT2D eigenvalue weighted by molar-refractivity contribution is -0.160. The molecule has 2 unspecified atom stereocenters. The van der Waals surface area contributed by atoms with E-state index in [1.165, 1.54) is 0 Å². The zero-order valence-corrected chi connectivity index (χ0v) is 19.9. The van der Waals surface area contributed by atoms with Gasteiger partial charge in [-0.3, -0.25) is 14.4 Å². The van der Waals surface area contributed by atoms with E-state index >= 15 is 0 Å². The van der Waals surface area contributed by atoms with Crippen molar-refractivity contribution in [3.63, 3.8) is 0 Å². The lowest BCUT2D eigenvalue weighted by atomic mass is 9.65. The first-order valence-corrected chi connectivity index (χ1v) is 12.5. The van der Waals surface area contributed by atoms with E-state index in [2.05, 4.69) is 12.2 Å². The third-order valence-electron chi connectivity index (χ3n) is 7.61. The molecule has 3 saturated heterocycles. The van der Waals surface area contributed by atoms with E-state index in [0.29, 0.717) is 32.4 Å². The second-order valence-corrected chi connectivity index (χ2v) is 9.40. The monoisotopic (exact) mass is 452 g/mol. The Morgan fingerprint density at radius 2 is 1.91 bits per heavy atom. The number of amides is 2. The first-order chi connectivity index (χ1) is 15.4. The summed E-state index contributed by atoms with van der Waals surface area (Å²) in [6.07, 6.45) is 6.91. The Labute approximate surface area is 191 Å². The molecule has 2 bridgehead atoms. The fourth-order valence-electron chi connectivity index (χ4n) is 6.08. The number of rotatable bonds is 13. The molecule has 8 nitrogen and oxygen atoms in total. The minimum absolute atomic E-state index is 0.157. The van der Waals surface area contributed by atoms with E-state index < -0.39 is 29.1 Å². The molecule has 0 saturated carbocycles. The summed E-state index contributed by atoms with van der Waals surface area (Å²) in [4.78, 5) is 41.8. The third-order valence-corrected chi connectivity index (χ3v) is 7.61. The van der Waals surface area contributed by atoms with Gasteiger partial charge in [0.25, 0.3) is 0 Å². The molecule has 182 valence electrons. The van der Waals surface area contributed by atoms with Crippen molar-refractivity contribution in [1.29, 1.82) is 0 Å². The first kappa shape index (κ1) is 25.0. The van der Waals surface area contributed by atoms with Crippen LogP contribution in [-0.2, 0) is 23.9 Å². The van der Waals surface area contributed by atoms with Gasteiger partial charge < -0.3 is 24.8 Å². The highest BCUT2D eigenvalue weighted by molar-refractivity contribution is 5.98. The number of nitrogens with one attached hydrogen (secondary N) is 1. The van der Waals surface area contributed by atoms with Crippen LogP contribution in [0.15, 0.2) is 0 Å². The second kappa shape index (κ2) is 10.5. The average Bonchev–Trinajstić information content (AvgIpc) is 3.38. The summed E-state index contributed by atoms with van der Waals surface area (Å²) in [6, 6.07) is -0.720. The molecule has 3 rings (SSSR count). The Hall–Kier alpha value is -1.67. The fourth-order valence-corrected chi connectivity index (χ4v) is 6.08. The van der Waals surface area contributed by atoms with Gasteiger partial charge in [-0.15, -0.1) is 0 Å². The molecule has 32 heavy (non-hydrogen) atoms. The van der Waals surface area contributed by atoms with Crippen molar-refractivity contribution in [3.05, 3.63) is 0 Å². The molecule has 0 aromatic rings. The van der Waals surface area contributed by atoms with Crippen LogP contribution in [0.25, 0.3) is 0 Å². The minimum Gasteiger partial charge on any atom is -0.466 e. The van der Waals surface area contributed by atoms with E-state index in [1.807, 2.05) is 6.92 Å². The molecular formula is C24H40N2O6. The Balaban J connectivity index is 1.90. The average molecular weight is 453 g/mol. The molecule has 3 fully saturated rings. The molecule has 2 amide bonds. The normalized spacial score (nSPS) is 32.9. The van der Waals surface area contributed by atoms with Gasteiger partial charge >= 0.3 is 5.97 Å². The van der Waals surface area contributed by atoms with Crippen molar-refractivity contribution >= 4 is 17.8 Å². The Kier molecular flexibility index (Phi) is 8.20. The molecule has 1 spiro atoms. The second-order valence-electron chi connectivity index (χ2n) is 9.40. The summed E-state index contributed by atoms with van der Waals surface area (Å²) >= 11 is 0. The molecule has 0 aromatic heterocycles. The number of aliphatic hydroxyl groups excluding tert-OH is 1. The lowest BCUT2D eigenvalue weighted by Crippen LogP contribution is -2.55. The number of aliphatic hydroxyl groups is 1. The molecule has 2 N–H and O–H groups in total. The first-order valence-electron chi connectivity index (χ1n) is 12.5. The Bertz CT molecular complexity index is 700. The number of carbonyl (C=O) groups excluding carboxylic acids is 3. The van der Waals surface area contributed by atoms with Crippen LogP contribution >= 0.6 is 0 Å². The van der Waals surface area contributed by atoms with Crippen LogP contribution in [0.4, 0.5) is 0 Å². The summed E-state index contributed by atoms with van der Waals surface area (Å²) in [6.45, 7) is 7.22. The summed E-state index contributed by atoms with van der Waals surface area (Å²) in [7, 11) is 0. The highest BCUT2D eigenvalue weighted by Crippen LogP contribution is 2.64. The molecule has 0 aromatic carbocycles. The molecule has 0 aliphatic carbocycles. The number of unbranched alkanes of at least 4 members (excludes halogenated alkanes) is 4. The summed E-state index contributed by atoms with van der Waals surface area (Å²) in [5, 5.41) is 12.0. The van der Waals surface area contributed by atoms with Gasteiger partial charge in [-0.25, -0.2) is 0 Å². The standard InChI is InChI=1S/C24H40N2O6/c1-4-7-14-25-20(28)19-24-13-12-23(5-2,32-24)18(22(30)31-6-3)17(24)21(29)26(19)15-10-8-9-11-16-27/h17-19,27H,4-16H2,1-3H3,(H,25,28)/t17-,18+,19?,23-,24?/m0/s1. The smallest absolute Gasteiger partial charge is 0.312 e. The van der Waals surface area contributed by atoms with Crippen molar-refractivity contribution in [2.75, 3.05) is 26.3 Å². The van der Waals surface area contributed by atoms with Crippen molar-refractivity contribution in [2.24, 2.45) is 11.8 Å². The topological polar surface area (TPSA) is 105 Å². The molecule has 3 heterocycles. The number of carbonyl (C=O) groups is 3. The highest BCUT2D eigenvalue weighted by atomic mass is 16.6. The number of fused-ring (bicyclic) bond motifs is 1. The molecule has 5 atom stereocenters. The zero-order valence-electron chi connectivity index (χ0n) is 19.9. The predicted octanol–water partition coefficient (Wildman–Crippen LogP) is 2.17. The van der Waals surface area contributed by atoms with Crippen molar-refractivity contribution < 1.29 is 29.0 Å². The van der Waals surface area contributed by atoms with E-state index in [4.69, 9.17) is 14.6 Å².